The van der Waals surface area contributed by atoms with E-state index < -0.39 is 5.92 Å². The van der Waals surface area contributed by atoms with Gasteiger partial charge in [0.15, 0.2) is 17.4 Å². The summed E-state index contributed by atoms with van der Waals surface area (Å²) in [6, 6.07) is 10.0. The Morgan fingerprint density at radius 3 is 2.78 bits per heavy atom. The van der Waals surface area contributed by atoms with Crippen molar-refractivity contribution >= 4 is 6.29 Å². The first kappa shape index (κ1) is 17.5. The van der Waals surface area contributed by atoms with Gasteiger partial charge >= 0.3 is 0 Å². The molecule has 2 aliphatic rings. The minimum Gasteiger partial charge on any atom is -0.453 e. The van der Waals surface area contributed by atoms with Gasteiger partial charge in [-0.15, -0.1) is 0 Å². The molecular formula is C21H20FNO4. The Labute approximate surface area is 156 Å². The van der Waals surface area contributed by atoms with E-state index >= 15 is 0 Å². The van der Waals surface area contributed by atoms with Crippen LogP contribution in [-0.4, -0.2) is 37.5 Å². The fraction of sp³-hybridized carbons (Fsp3) is 0.286. The van der Waals surface area contributed by atoms with Gasteiger partial charge in [0, 0.05) is 18.7 Å². The van der Waals surface area contributed by atoms with Crippen LogP contribution < -0.4 is 9.47 Å². The zero-order valence-corrected chi connectivity index (χ0v) is 15.0. The molecule has 27 heavy (non-hydrogen) atoms. The van der Waals surface area contributed by atoms with Gasteiger partial charge in [0.2, 0.25) is 0 Å². The van der Waals surface area contributed by atoms with E-state index in [-0.39, 0.29) is 5.82 Å². The van der Waals surface area contributed by atoms with E-state index in [0.717, 1.165) is 11.8 Å². The second-order valence-corrected chi connectivity index (χ2v) is 6.56. The van der Waals surface area contributed by atoms with E-state index in [9.17, 15) is 9.18 Å². The number of hydrogen-bond donors (Lipinski definition) is 0. The van der Waals surface area contributed by atoms with Crippen molar-refractivity contribution in [2.45, 2.75) is 12.8 Å². The average molecular weight is 369 g/mol. The lowest BCUT2D eigenvalue weighted by molar-refractivity contribution is -0.108. The van der Waals surface area contributed by atoms with E-state index in [1.165, 1.54) is 6.07 Å². The summed E-state index contributed by atoms with van der Waals surface area (Å²) in [6.07, 6.45) is 2.72. The molecule has 2 aromatic rings. The Bertz CT molecular complexity index is 890. The maximum Gasteiger partial charge on any atom is 0.193 e. The largest absolute Gasteiger partial charge is 0.453 e. The van der Waals surface area contributed by atoms with Crippen LogP contribution in [0, 0.1) is 12.7 Å². The molecule has 0 spiro atoms. The van der Waals surface area contributed by atoms with Gasteiger partial charge in [0.05, 0.1) is 19.1 Å². The molecule has 1 unspecified atom stereocenters. The molecule has 0 saturated carbocycles. The number of halogens is 1. The average Bonchev–Trinajstić information content (AvgIpc) is 2.71. The third kappa shape index (κ3) is 3.53. The topological polar surface area (TPSA) is 48.0 Å². The van der Waals surface area contributed by atoms with Crippen molar-refractivity contribution in [3.05, 3.63) is 65.3 Å². The van der Waals surface area contributed by atoms with Crippen molar-refractivity contribution in [2.24, 2.45) is 0 Å². The molecule has 5 nitrogen and oxygen atoms in total. The van der Waals surface area contributed by atoms with Crippen molar-refractivity contribution in [1.82, 2.24) is 4.90 Å². The van der Waals surface area contributed by atoms with E-state index in [1.807, 2.05) is 18.2 Å². The number of morpholine rings is 1. The molecule has 6 heteroatoms. The van der Waals surface area contributed by atoms with Crippen molar-refractivity contribution < 1.29 is 23.4 Å². The molecule has 2 heterocycles. The van der Waals surface area contributed by atoms with Crippen LogP contribution in [0.15, 0.2) is 48.4 Å². The van der Waals surface area contributed by atoms with Gasteiger partial charge in [-0.1, -0.05) is 12.1 Å². The minimum absolute atomic E-state index is 0.285. The van der Waals surface area contributed by atoms with E-state index in [2.05, 4.69) is 4.90 Å². The predicted molar refractivity (Wildman–Crippen MR) is 97.6 cm³/mol. The van der Waals surface area contributed by atoms with E-state index in [1.54, 1.807) is 25.1 Å². The summed E-state index contributed by atoms with van der Waals surface area (Å²) < 4.78 is 31.0. The Balaban J connectivity index is 1.67. The lowest BCUT2D eigenvalue weighted by Crippen LogP contribution is -2.38. The first-order chi connectivity index (χ1) is 13.2. The number of aryl methyl sites for hydroxylation is 1. The second kappa shape index (κ2) is 7.40. The number of carbonyl (C=O) groups excluding carboxylic acids is 1. The molecule has 2 aliphatic heterocycles. The van der Waals surface area contributed by atoms with Crippen LogP contribution in [0.1, 0.15) is 17.0 Å². The minimum atomic E-state index is -0.412. The molecule has 1 fully saturated rings. The highest BCUT2D eigenvalue weighted by Gasteiger charge is 2.28. The lowest BCUT2D eigenvalue weighted by Gasteiger charge is -2.34. The first-order valence-electron chi connectivity index (χ1n) is 8.90. The molecular weight excluding hydrogens is 349 g/mol. The molecule has 0 N–H and O–H groups in total. The molecule has 1 saturated heterocycles. The van der Waals surface area contributed by atoms with Gasteiger partial charge in [-0.25, -0.2) is 4.39 Å². The van der Waals surface area contributed by atoms with Crippen LogP contribution in [0.25, 0.3) is 0 Å². The monoisotopic (exact) mass is 369 g/mol. The number of aldehydes is 1. The summed E-state index contributed by atoms with van der Waals surface area (Å²) >= 11 is 0. The predicted octanol–water partition coefficient (Wildman–Crippen LogP) is 3.77. The summed E-state index contributed by atoms with van der Waals surface area (Å²) in [6.45, 7) is 4.32. The maximum atomic E-state index is 13.5. The van der Waals surface area contributed by atoms with Crippen LogP contribution in [0.3, 0.4) is 0 Å². The van der Waals surface area contributed by atoms with Crippen molar-refractivity contribution in [1.29, 1.82) is 0 Å². The highest BCUT2D eigenvalue weighted by molar-refractivity contribution is 5.70. The number of hydrogen-bond acceptors (Lipinski definition) is 5. The summed E-state index contributed by atoms with van der Waals surface area (Å²) in [4.78, 5) is 13.7. The molecule has 0 amide bonds. The summed E-state index contributed by atoms with van der Waals surface area (Å²) in [5.41, 5.74) is 1.25. The number of fused-ring (bicyclic) bond motifs is 1. The number of carbonyl (C=O) groups is 1. The molecule has 140 valence electrons. The third-order valence-electron chi connectivity index (χ3n) is 4.72. The smallest absolute Gasteiger partial charge is 0.193 e. The Kier molecular flexibility index (Phi) is 4.81. The maximum absolute atomic E-state index is 13.5. The second-order valence-electron chi connectivity index (χ2n) is 6.56. The quantitative estimate of drug-likeness (QED) is 0.768. The SMILES string of the molecule is Cc1cc(Oc2cccc3c2OC(N2CCOCC2)=CC3C=O)ccc1F. The highest BCUT2D eigenvalue weighted by atomic mass is 19.1. The van der Waals surface area contributed by atoms with Gasteiger partial charge in [-0.05, 0) is 42.8 Å². The van der Waals surface area contributed by atoms with Gasteiger partial charge < -0.3 is 23.9 Å². The summed E-state index contributed by atoms with van der Waals surface area (Å²) in [7, 11) is 0. The lowest BCUT2D eigenvalue weighted by atomic mass is 9.97. The molecule has 0 aromatic heterocycles. The zero-order chi connectivity index (χ0) is 18.8. The normalized spacial score (nSPS) is 19.0. The molecule has 0 bridgehead atoms. The summed E-state index contributed by atoms with van der Waals surface area (Å²) in [5, 5.41) is 0. The molecule has 0 aliphatic carbocycles. The standard InChI is InChI=1S/C21H20FNO4/c1-14-11-16(5-6-18(14)22)26-19-4-2-3-17-15(13-24)12-20(27-21(17)19)23-7-9-25-10-8-23/h2-6,11-13,15H,7-10H2,1H3. The number of benzene rings is 2. The van der Waals surface area contributed by atoms with Crippen LogP contribution in [-0.2, 0) is 9.53 Å². The van der Waals surface area contributed by atoms with Crippen molar-refractivity contribution in [2.75, 3.05) is 26.3 Å². The van der Waals surface area contributed by atoms with E-state index in [4.69, 9.17) is 14.2 Å². The van der Waals surface area contributed by atoms with E-state index in [0.29, 0.717) is 55.0 Å². The fourth-order valence-electron chi connectivity index (χ4n) is 3.24. The van der Waals surface area contributed by atoms with Crippen LogP contribution >= 0.6 is 0 Å². The highest BCUT2D eigenvalue weighted by Crippen LogP contribution is 2.43. The molecule has 1 atom stereocenters. The number of rotatable bonds is 4. The number of nitrogens with zero attached hydrogens (tertiary/aromatic N) is 1. The van der Waals surface area contributed by atoms with Gasteiger partial charge in [0.1, 0.15) is 17.9 Å². The first-order valence-corrected chi connectivity index (χ1v) is 8.90. The Morgan fingerprint density at radius 2 is 2.04 bits per heavy atom. The molecule has 4 rings (SSSR count). The number of para-hydroxylation sites is 1. The van der Waals surface area contributed by atoms with Gasteiger partial charge in [-0.2, -0.15) is 0 Å². The molecule has 0 radical (unpaired) electrons. The fourth-order valence-corrected chi connectivity index (χ4v) is 3.24. The number of allylic oxidation sites excluding steroid dienone is 1. The van der Waals surface area contributed by atoms with Crippen LogP contribution in [0.4, 0.5) is 4.39 Å². The van der Waals surface area contributed by atoms with Gasteiger partial charge in [-0.3, -0.25) is 0 Å². The number of ether oxygens (including phenoxy) is 3. The van der Waals surface area contributed by atoms with Crippen molar-refractivity contribution in [3.63, 3.8) is 0 Å². The third-order valence-corrected chi connectivity index (χ3v) is 4.72. The van der Waals surface area contributed by atoms with Crippen LogP contribution in [0.2, 0.25) is 0 Å². The molecule has 2 aromatic carbocycles. The Hall–Kier alpha value is -2.86. The Morgan fingerprint density at radius 1 is 1.22 bits per heavy atom. The van der Waals surface area contributed by atoms with Crippen LogP contribution in [0.5, 0.6) is 17.2 Å². The van der Waals surface area contributed by atoms with Gasteiger partial charge in [0.25, 0.3) is 0 Å². The zero-order valence-electron chi connectivity index (χ0n) is 15.0. The van der Waals surface area contributed by atoms with Crippen molar-refractivity contribution in [3.8, 4) is 17.2 Å². The summed E-state index contributed by atoms with van der Waals surface area (Å²) in [5.74, 6) is 1.45.